The molecule has 0 amide bonds. The predicted molar refractivity (Wildman–Crippen MR) is 65.5 cm³/mol. The fraction of sp³-hybridized carbons (Fsp3) is 0.923. The van der Waals surface area contributed by atoms with Crippen LogP contribution in [0.1, 0.15) is 66.2 Å². The summed E-state index contributed by atoms with van der Waals surface area (Å²) in [5.41, 5.74) is 0. The molecule has 0 aromatic rings. The van der Waals surface area contributed by atoms with Crippen LogP contribution in [0.15, 0.2) is 0 Å². The van der Waals surface area contributed by atoms with E-state index >= 15 is 0 Å². The number of carbonyl (C=O) groups is 1. The fourth-order valence-electron chi connectivity index (χ4n) is 1.48. The second kappa shape index (κ2) is 9.49. The minimum atomic E-state index is -0.521. The van der Waals surface area contributed by atoms with Gasteiger partial charge in [0, 0.05) is 0 Å². The average Bonchev–Trinajstić information content (AvgIpc) is 2.20. The van der Waals surface area contributed by atoms with Gasteiger partial charge in [0.15, 0.2) is 0 Å². The summed E-state index contributed by atoms with van der Waals surface area (Å²) in [4.78, 5) is 11.3. The molecule has 0 aliphatic carbocycles. The van der Waals surface area contributed by atoms with E-state index in [1.165, 1.54) is 0 Å². The molecule has 0 aliphatic heterocycles. The summed E-state index contributed by atoms with van der Waals surface area (Å²) >= 11 is 0. The summed E-state index contributed by atoms with van der Waals surface area (Å²) in [6, 6.07) is 0. The summed E-state index contributed by atoms with van der Waals surface area (Å²) in [5, 5.41) is 0. The van der Waals surface area contributed by atoms with Crippen LogP contribution in [0.4, 0.5) is 4.79 Å². The number of unbranched alkanes of at least 4 members (excludes halogenated alkanes) is 2. The number of hydrogen-bond donors (Lipinski definition) is 0. The van der Waals surface area contributed by atoms with E-state index in [1.54, 1.807) is 0 Å². The molecule has 0 spiro atoms. The van der Waals surface area contributed by atoms with E-state index in [1.807, 2.05) is 13.8 Å². The molecular weight excluding hydrogens is 204 g/mol. The maximum absolute atomic E-state index is 11.3. The Labute approximate surface area is 99.5 Å². The highest BCUT2D eigenvalue weighted by Gasteiger charge is 2.15. The summed E-state index contributed by atoms with van der Waals surface area (Å²) in [5.74, 6) is 0. The molecule has 0 saturated carbocycles. The van der Waals surface area contributed by atoms with Gasteiger partial charge in [-0.1, -0.05) is 39.5 Å². The zero-order chi connectivity index (χ0) is 12.4. The van der Waals surface area contributed by atoms with E-state index in [2.05, 4.69) is 13.8 Å². The van der Waals surface area contributed by atoms with E-state index in [0.717, 1.165) is 38.5 Å². The van der Waals surface area contributed by atoms with Crippen LogP contribution in [0.2, 0.25) is 0 Å². The summed E-state index contributed by atoms with van der Waals surface area (Å²) in [6.45, 7) is 7.94. The van der Waals surface area contributed by atoms with Crippen molar-refractivity contribution in [1.29, 1.82) is 0 Å². The van der Waals surface area contributed by atoms with Gasteiger partial charge in [-0.2, -0.15) is 0 Å². The predicted octanol–water partition coefficient (Wildman–Crippen LogP) is 4.30. The van der Waals surface area contributed by atoms with Crippen LogP contribution in [0.3, 0.4) is 0 Å². The van der Waals surface area contributed by atoms with Crippen LogP contribution in [-0.2, 0) is 9.47 Å². The van der Waals surface area contributed by atoms with Gasteiger partial charge in [0.25, 0.3) is 0 Å². The van der Waals surface area contributed by atoms with Gasteiger partial charge in [0.1, 0.15) is 6.10 Å². The molecule has 0 bridgehead atoms. The second-order valence-corrected chi connectivity index (χ2v) is 4.44. The molecule has 0 aromatic carbocycles. The highest BCUT2D eigenvalue weighted by Crippen LogP contribution is 2.13. The molecule has 0 atom stereocenters. The van der Waals surface area contributed by atoms with E-state index in [4.69, 9.17) is 9.47 Å². The lowest BCUT2D eigenvalue weighted by Gasteiger charge is -2.18. The van der Waals surface area contributed by atoms with Gasteiger partial charge in [-0.05, 0) is 26.7 Å². The highest BCUT2D eigenvalue weighted by molar-refractivity contribution is 5.60. The first-order valence-corrected chi connectivity index (χ1v) is 6.47. The molecule has 0 heterocycles. The summed E-state index contributed by atoms with van der Waals surface area (Å²) in [6.07, 6.45) is 5.76. The topological polar surface area (TPSA) is 35.5 Å². The number of carbonyl (C=O) groups excluding carboxylic acids is 1. The van der Waals surface area contributed by atoms with Gasteiger partial charge >= 0.3 is 6.16 Å². The molecule has 0 unspecified atom stereocenters. The van der Waals surface area contributed by atoms with Gasteiger partial charge in [-0.15, -0.1) is 0 Å². The van der Waals surface area contributed by atoms with E-state index in [9.17, 15) is 4.79 Å². The van der Waals surface area contributed by atoms with Crippen LogP contribution in [0.5, 0.6) is 0 Å². The summed E-state index contributed by atoms with van der Waals surface area (Å²) in [7, 11) is 0. The standard InChI is InChI=1S/C13H26O3/c1-5-7-9-12(10-8-6-2)16-13(14)15-11(3)4/h11-12H,5-10H2,1-4H3. The Morgan fingerprint density at radius 1 is 1.00 bits per heavy atom. The molecule has 16 heavy (non-hydrogen) atoms. The van der Waals surface area contributed by atoms with Gasteiger partial charge in [-0.3, -0.25) is 0 Å². The van der Waals surface area contributed by atoms with E-state index in [0.29, 0.717) is 0 Å². The molecule has 3 nitrogen and oxygen atoms in total. The van der Waals surface area contributed by atoms with Crippen molar-refractivity contribution < 1.29 is 14.3 Å². The molecule has 0 saturated heterocycles. The molecule has 0 aromatic heterocycles. The lowest BCUT2D eigenvalue weighted by Crippen LogP contribution is -2.21. The van der Waals surface area contributed by atoms with Crippen molar-refractivity contribution in [2.45, 2.75) is 78.4 Å². The Bertz CT molecular complexity index is 170. The molecule has 0 radical (unpaired) electrons. The molecule has 96 valence electrons. The average molecular weight is 230 g/mol. The Morgan fingerprint density at radius 3 is 1.88 bits per heavy atom. The normalized spacial score (nSPS) is 10.9. The number of ether oxygens (including phenoxy) is 2. The van der Waals surface area contributed by atoms with Crippen molar-refractivity contribution in [2.75, 3.05) is 0 Å². The third-order valence-corrected chi connectivity index (χ3v) is 2.35. The van der Waals surface area contributed by atoms with Crippen molar-refractivity contribution in [3.05, 3.63) is 0 Å². The van der Waals surface area contributed by atoms with Crippen molar-refractivity contribution in [3.8, 4) is 0 Å². The quantitative estimate of drug-likeness (QED) is 0.583. The molecule has 0 N–H and O–H groups in total. The van der Waals surface area contributed by atoms with E-state index in [-0.39, 0.29) is 12.2 Å². The van der Waals surface area contributed by atoms with Crippen molar-refractivity contribution in [3.63, 3.8) is 0 Å². The van der Waals surface area contributed by atoms with Crippen LogP contribution in [-0.4, -0.2) is 18.4 Å². The SMILES string of the molecule is CCCCC(CCCC)OC(=O)OC(C)C. The minimum absolute atomic E-state index is 0.0335. The lowest BCUT2D eigenvalue weighted by molar-refractivity contribution is 0.00130. The first-order valence-electron chi connectivity index (χ1n) is 6.47. The third-order valence-electron chi connectivity index (χ3n) is 2.35. The van der Waals surface area contributed by atoms with Gasteiger partial charge in [-0.25, -0.2) is 4.79 Å². The molecule has 0 fully saturated rings. The molecule has 0 rings (SSSR count). The van der Waals surface area contributed by atoms with Crippen molar-refractivity contribution in [2.24, 2.45) is 0 Å². The zero-order valence-electron chi connectivity index (χ0n) is 11.1. The van der Waals surface area contributed by atoms with Crippen LogP contribution >= 0.6 is 0 Å². The van der Waals surface area contributed by atoms with E-state index < -0.39 is 6.16 Å². The van der Waals surface area contributed by atoms with Crippen molar-refractivity contribution in [1.82, 2.24) is 0 Å². The van der Waals surface area contributed by atoms with Gasteiger partial charge < -0.3 is 9.47 Å². The van der Waals surface area contributed by atoms with Crippen molar-refractivity contribution >= 4 is 6.16 Å². The first kappa shape index (κ1) is 15.3. The number of rotatable bonds is 8. The zero-order valence-corrected chi connectivity index (χ0v) is 11.1. The Morgan fingerprint density at radius 2 is 1.50 bits per heavy atom. The molecule has 0 aliphatic rings. The first-order chi connectivity index (χ1) is 7.60. The Balaban J connectivity index is 3.92. The number of hydrogen-bond acceptors (Lipinski definition) is 3. The maximum atomic E-state index is 11.3. The molecule has 3 heteroatoms. The largest absolute Gasteiger partial charge is 0.508 e. The smallest absolute Gasteiger partial charge is 0.432 e. The Kier molecular flexibility index (Phi) is 9.06. The second-order valence-electron chi connectivity index (χ2n) is 4.44. The van der Waals surface area contributed by atoms with Crippen LogP contribution in [0.25, 0.3) is 0 Å². The lowest BCUT2D eigenvalue weighted by atomic mass is 10.1. The fourth-order valence-corrected chi connectivity index (χ4v) is 1.48. The molecular formula is C13H26O3. The van der Waals surface area contributed by atoms with Crippen LogP contribution in [0, 0.1) is 0 Å². The third kappa shape index (κ3) is 8.57. The highest BCUT2D eigenvalue weighted by atomic mass is 16.7. The minimum Gasteiger partial charge on any atom is -0.432 e. The van der Waals surface area contributed by atoms with Gasteiger partial charge in [0.05, 0.1) is 6.10 Å². The maximum Gasteiger partial charge on any atom is 0.508 e. The van der Waals surface area contributed by atoms with Gasteiger partial charge in [0.2, 0.25) is 0 Å². The Hall–Kier alpha value is -0.730. The van der Waals surface area contributed by atoms with Crippen LogP contribution < -0.4 is 0 Å². The summed E-state index contributed by atoms with van der Waals surface area (Å²) < 4.78 is 10.3. The monoisotopic (exact) mass is 230 g/mol.